The Hall–Kier alpha value is -3.93. The van der Waals surface area contributed by atoms with Gasteiger partial charge in [-0.2, -0.15) is 0 Å². The molecule has 1 unspecified atom stereocenters. The number of carbonyl (C=O) groups is 2. The smallest absolute Gasteiger partial charge is 0.335 e. The number of nitrogens with zero attached hydrogens (tertiary/aromatic N) is 2. The molecule has 35 heavy (non-hydrogen) atoms. The normalized spacial score (nSPS) is 14.7. The number of carboxylic acids is 1. The minimum atomic E-state index is -0.971. The number of aryl methyl sites for hydroxylation is 1. The average Bonchev–Trinajstić information content (AvgIpc) is 3.53. The van der Waals surface area contributed by atoms with Gasteiger partial charge < -0.3 is 15.0 Å². The van der Waals surface area contributed by atoms with Crippen molar-refractivity contribution in [2.75, 3.05) is 0 Å². The van der Waals surface area contributed by atoms with E-state index >= 15 is 0 Å². The highest BCUT2D eigenvalue weighted by Crippen LogP contribution is 2.32. The number of aromatic carboxylic acids is 1. The number of fused-ring (bicyclic) bond motifs is 1. The lowest BCUT2D eigenvalue weighted by Gasteiger charge is -2.24. The van der Waals surface area contributed by atoms with E-state index in [1.165, 1.54) is 5.56 Å². The predicted molar refractivity (Wildman–Crippen MR) is 136 cm³/mol. The van der Waals surface area contributed by atoms with Crippen LogP contribution in [0.2, 0.25) is 0 Å². The molecule has 6 nitrogen and oxygen atoms in total. The molecule has 1 saturated carbocycles. The molecule has 1 aliphatic carbocycles. The van der Waals surface area contributed by atoms with Crippen molar-refractivity contribution in [3.05, 3.63) is 90.0 Å². The maximum atomic E-state index is 13.8. The van der Waals surface area contributed by atoms with Crippen molar-refractivity contribution in [3.8, 4) is 11.4 Å². The first-order valence-electron chi connectivity index (χ1n) is 12.2. The number of para-hydroxylation sites is 2. The predicted octanol–water partition coefficient (Wildman–Crippen LogP) is 5.63. The van der Waals surface area contributed by atoms with Gasteiger partial charge >= 0.3 is 5.97 Å². The number of amides is 1. The molecule has 3 aromatic carbocycles. The topological polar surface area (TPSA) is 84.2 Å². The van der Waals surface area contributed by atoms with E-state index in [1.54, 1.807) is 24.3 Å². The van der Waals surface area contributed by atoms with Gasteiger partial charge in [0, 0.05) is 11.6 Å². The van der Waals surface area contributed by atoms with Crippen molar-refractivity contribution in [3.63, 3.8) is 0 Å². The van der Waals surface area contributed by atoms with E-state index in [4.69, 9.17) is 4.98 Å². The van der Waals surface area contributed by atoms with E-state index in [1.807, 2.05) is 47.0 Å². The van der Waals surface area contributed by atoms with Gasteiger partial charge in [-0.3, -0.25) is 4.79 Å². The molecule has 178 valence electrons. The van der Waals surface area contributed by atoms with Crippen LogP contribution in [0.15, 0.2) is 78.9 Å². The molecule has 6 heteroatoms. The van der Waals surface area contributed by atoms with Crippen LogP contribution in [0.5, 0.6) is 0 Å². The highest BCUT2D eigenvalue weighted by molar-refractivity contribution is 5.89. The molecule has 5 rings (SSSR count). The lowest BCUT2D eigenvalue weighted by atomic mass is 10.0. The minimum absolute atomic E-state index is 0.0133. The zero-order chi connectivity index (χ0) is 24.2. The fourth-order valence-corrected chi connectivity index (χ4v) is 5.02. The molecule has 2 N–H and O–H groups in total. The summed E-state index contributed by atoms with van der Waals surface area (Å²) in [4.78, 5) is 30.0. The number of aromatic nitrogens is 2. The van der Waals surface area contributed by atoms with Crippen molar-refractivity contribution in [2.24, 2.45) is 0 Å². The number of nitrogens with one attached hydrogen (secondary N) is 1. The largest absolute Gasteiger partial charge is 0.478 e. The Labute approximate surface area is 204 Å². The number of rotatable bonds is 8. The Kier molecular flexibility index (Phi) is 6.62. The molecule has 0 bridgehead atoms. The van der Waals surface area contributed by atoms with Crippen LogP contribution in [0.4, 0.5) is 0 Å². The van der Waals surface area contributed by atoms with Crippen LogP contribution in [-0.4, -0.2) is 32.6 Å². The van der Waals surface area contributed by atoms with Crippen LogP contribution in [0.25, 0.3) is 22.4 Å². The molecular weight excluding hydrogens is 438 g/mol. The summed E-state index contributed by atoms with van der Waals surface area (Å²) in [6, 6.07) is 24.5. The fourth-order valence-electron chi connectivity index (χ4n) is 5.02. The monoisotopic (exact) mass is 467 g/mol. The van der Waals surface area contributed by atoms with Crippen LogP contribution in [0.1, 0.15) is 54.1 Å². The summed E-state index contributed by atoms with van der Waals surface area (Å²) in [5, 5.41) is 12.6. The highest BCUT2D eigenvalue weighted by atomic mass is 16.4. The summed E-state index contributed by atoms with van der Waals surface area (Å²) in [5.74, 6) is -0.288. The van der Waals surface area contributed by atoms with Gasteiger partial charge in [0.15, 0.2) is 0 Å². The van der Waals surface area contributed by atoms with Crippen LogP contribution < -0.4 is 5.32 Å². The molecule has 0 spiro atoms. The fraction of sp³-hybridized carbons (Fsp3) is 0.276. The Morgan fingerprint density at radius 3 is 2.34 bits per heavy atom. The molecule has 1 atom stereocenters. The molecule has 1 aromatic heterocycles. The molecule has 1 amide bonds. The van der Waals surface area contributed by atoms with Gasteiger partial charge in [0.1, 0.15) is 11.9 Å². The Bertz CT molecular complexity index is 1320. The van der Waals surface area contributed by atoms with Crippen LogP contribution in [0, 0.1) is 0 Å². The number of imidazole rings is 1. The van der Waals surface area contributed by atoms with Gasteiger partial charge in [-0.05, 0) is 55.5 Å². The first kappa shape index (κ1) is 22.8. The summed E-state index contributed by atoms with van der Waals surface area (Å²) in [6.45, 7) is 0. The molecule has 0 saturated heterocycles. The van der Waals surface area contributed by atoms with E-state index in [-0.39, 0.29) is 17.5 Å². The van der Waals surface area contributed by atoms with Crippen molar-refractivity contribution in [2.45, 2.75) is 50.6 Å². The van der Waals surface area contributed by atoms with Gasteiger partial charge in [-0.15, -0.1) is 0 Å². The van der Waals surface area contributed by atoms with Crippen molar-refractivity contribution >= 4 is 22.9 Å². The van der Waals surface area contributed by atoms with Crippen molar-refractivity contribution in [1.82, 2.24) is 14.9 Å². The SMILES string of the molecule is O=C(O)c1ccc(-c2nc3ccccc3n2C(CCc2ccccc2)C(=O)NC2CCCC2)cc1. The van der Waals surface area contributed by atoms with Gasteiger partial charge in [-0.25, -0.2) is 9.78 Å². The van der Waals surface area contributed by atoms with Crippen LogP contribution >= 0.6 is 0 Å². The first-order valence-corrected chi connectivity index (χ1v) is 12.2. The Balaban J connectivity index is 1.57. The van der Waals surface area contributed by atoms with E-state index in [0.29, 0.717) is 12.2 Å². The summed E-state index contributed by atoms with van der Waals surface area (Å²) in [5.41, 5.74) is 3.89. The van der Waals surface area contributed by atoms with Crippen LogP contribution in [0.3, 0.4) is 0 Å². The van der Waals surface area contributed by atoms with Crippen LogP contribution in [-0.2, 0) is 11.2 Å². The second-order valence-corrected chi connectivity index (χ2v) is 9.21. The van der Waals surface area contributed by atoms with Gasteiger partial charge in [0.25, 0.3) is 0 Å². The molecule has 1 heterocycles. The zero-order valence-corrected chi connectivity index (χ0v) is 19.6. The third-order valence-electron chi connectivity index (χ3n) is 6.85. The highest BCUT2D eigenvalue weighted by Gasteiger charge is 2.28. The average molecular weight is 468 g/mol. The van der Waals surface area contributed by atoms with E-state index < -0.39 is 12.0 Å². The quantitative estimate of drug-likeness (QED) is 0.352. The number of carboxylic acid groups (broad SMARTS) is 1. The van der Waals surface area contributed by atoms with E-state index in [9.17, 15) is 14.7 Å². The number of hydrogen-bond donors (Lipinski definition) is 2. The summed E-state index contributed by atoms with van der Waals surface area (Å²) in [6.07, 6.45) is 5.72. The van der Waals surface area contributed by atoms with E-state index in [0.717, 1.165) is 48.7 Å². The molecule has 4 aromatic rings. The summed E-state index contributed by atoms with van der Waals surface area (Å²) >= 11 is 0. The van der Waals surface area contributed by atoms with E-state index in [2.05, 4.69) is 17.4 Å². The molecule has 0 aliphatic heterocycles. The molecule has 1 aliphatic rings. The van der Waals surface area contributed by atoms with Crippen molar-refractivity contribution in [1.29, 1.82) is 0 Å². The number of benzene rings is 3. The lowest BCUT2D eigenvalue weighted by molar-refractivity contribution is -0.125. The standard InChI is InChI=1S/C29H29N3O3/c33-28(30-23-10-4-5-11-23)26(19-14-20-8-2-1-3-9-20)32-25-13-7-6-12-24(25)31-27(32)21-15-17-22(18-16-21)29(34)35/h1-3,6-9,12-13,15-18,23,26H,4-5,10-11,14,19H2,(H,30,33)(H,34,35). The second kappa shape index (κ2) is 10.1. The maximum Gasteiger partial charge on any atom is 0.335 e. The summed E-state index contributed by atoms with van der Waals surface area (Å²) in [7, 11) is 0. The molecular formula is C29H29N3O3. The zero-order valence-electron chi connectivity index (χ0n) is 19.6. The maximum absolute atomic E-state index is 13.8. The molecule has 0 radical (unpaired) electrons. The lowest BCUT2D eigenvalue weighted by Crippen LogP contribution is -2.38. The second-order valence-electron chi connectivity index (χ2n) is 9.21. The van der Waals surface area contributed by atoms with Gasteiger partial charge in [-0.1, -0.05) is 67.4 Å². The summed E-state index contributed by atoms with van der Waals surface area (Å²) < 4.78 is 2.04. The first-order chi connectivity index (χ1) is 17.1. The van der Waals surface area contributed by atoms with Gasteiger partial charge in [0.2, 0.25) is 5.91 Å². The third kappa shape index (κ3) is 4.97. The number of hydrogen-bond acceptors (Lipinski definition) is 3. The molecule has 1 fully saturated rings. The Morgan fingerprint density at radius 2 is 1.63 bits per heavy atom. The number of carbonyl (C=O) groups excluding carboxylic acids is 1. The van der Waals surface area contributed by atoms with Gasteiger partial charge in [0.05, 0.1) is 16.6 Å². The minimum Gasteiger partial charge on any atom is -0.478 e. The third-order valence-corrected chi connectivity index (χ3v) is 6.85. The Morgan fingerprint density at radius 1 is 0.943 bits per heavy atom. The van der Waals surface area contributed by atoms with Crippen molar-refractivity contribution < 1.29 is 14.7 Å².